The minimum absolute atomic E-state index is 0.104. The van der Waals surface area contributed by atoms with Gasteiger partial charge in [-0.25, -0.2) is 0 Å². The summed E-state index contributed by atoms with van der Waals surface area (Å²) in [6.07, 6.45) is 3.38. The van der Waals surface area contributed by atoms with E-state index in [9.17, 15) is 9.59 Å². The molecule has 2 rings (SSSR count). The Bertz CT molecular complexity index is 273. The van der Waals surface area contributed by atoms with Crippen molar-refractivity contribution in [3.05, 3.63) is 0 Å². The highest BCUT2D eigenvalue weighted by Crippen LogP contribution is 2.48. The van der Waals surface area contributed by atoms with Crippen molar-refractivity contribution in [3.63, 3.8) is 0 Å². The molecule has 0 saturated heterocycles. The summed E-state index contributed by atoms with van der Waals surface area (Å²) in [7, 11) is 0. The van der Waals surface area contributed by atoms with Gasteiger partial charge >= 0.3 is 11.9 Å². The van der Waals surface area contributed by atoms with E-state index in [2.05, 4.69) is 0 Å². The molecule has 0 aromatic heterocycles. The van der Waals surface area contributed by atoms with Gasteiger partial charge in [0.05, 0.1) is 11.8 Å². The third kappa shape index (κ3) is 1.38. The maximum atomic E-state index is 11.0. The molecule has 0 radical (unpaired) electrons. The van der Waals surface area contributed by atoms with Crippen molar-refractivity contribution in [2.75, 3.05) is 0 Å². The van der Waals surface area contributed by atoms with Gasteiger partial charge in [-0.1, -0.05) is 6.42 Å². The summed E-state index contributed by atoms with van der Waals surface area (Å²) in [5.74, 6) is -2.61. The fraction of sp³-hybridized carbons (Fsp3) is 0.800. The van der Waals surface area contributed by atoms with Crippen LogP contribution in [0.5, 0.6) is 0 Å². The first-order valence-corrected chi connectivity index (χ1v) is 5.05. The zero-order valence-corrected chi connectivity index (χ0v) is 7.85. The molecule has 2 bridgehead atoms. The summed E-state index contributed by atoms with van der Waals surface area (Å²) >= 11 is 0. The number of carboxylic acids is 2. The van der Waals surface area contributed by atoms with E-state index in [1.807, 2.05) is 0 Å². The average molecular weight is 198 g/mol. The van der Waals surface area contributed by atoms with E-state index in [4.69, 9.17) is 10.2 Å². The van der Waals surface area contributed by atoms with E-state index in [0.29, 0.717) is 12.3 Å². The SMILES string of the molecule is O=C(O)C1CC2CCC(C2)C1C(=O)O. The van der Waals surface area contributed by atoms with Gasteiger partial charge in [-0.3, -0.25) is 9.59 Å². The number of carbonyl (C=O) groups is 2. The highest BCUT2D eigenvalue weighted by Gasteiger charge is 2.48. The van der Waals surface area contributed by atoms with Crippen LogP contribution in [0.2, 0.25) is 0 Å². The van der Waals surface area contributed by atoms with Crippen molar-refractivity contribution >= 4 is 11.9 Å². The van der Waals surface area contributed by atoms with Crippen LogP contribution in [0.4, 0.5) is 0 Å². The predicted octanol–water partition coefficient (Wildman–Crippen LogP) is 1.21. The lowest BCUT2D eigenvalue weighted by atomic mass is 9.72. The van der Waals surface area contributed by atoms with Gasteiger partial charge in [0.15, 0.2) is 0 Å². The van der Waals surface area contributed by atoms with E-state index in [-0.39, 0.29) is 5.92 Å². The van der Waals surface area contributed by atoms with Gasteiger partial charge in [0.25, 0.3) is 0 Å². The molecule has 2 aliphatic carbocycles. The molecule has 2 N–H and O–H groups in total. The Labute approximate surface area is 81.9 Å². The highest BCUT2D eigenvalue weighted by atomic mass is 16.4. The van der Waals surface area contributed by atoms with Crippen molar-refractivity contribution in [1.82, 2.24) is 0 Å². The van der Waals surface area contributed by atoms with Crippen LogP contribution in [-0.4, -0.2) is 22.2 Å². The molecule has 4 unspecified atom stereocenters. The summed E-state index contributed by atoms with van der Waals surface area (Å²) < 4.78 is 0. The molecular formula is C10H14O4. The Hall–Kier alpha value is -1.06. The fourth-order valence-corrected chi connectivity index (χ4v) is 3.12. The van der Waals surface area contributed by atoms with Crippen LogP contribution in [-0.2, 0) is 9.59 Å². The minimum atomic E-state index is -0.936. The predicted molar refractivity (Wildman–Crippen MR) is 47.7 cm³/mol. The van der Waals surface area contributed by atoms with Crippen molar-refractivity contribution < 1.29 is 19.8 Å². The molecule has 0 aliphatic heterocycles. The Morgan fingerprint density at radius 3 is 2.29 bits per heavy atom. The molecular weight excluding hydrogens is 184 g/mol. The van der Waals surface area contributed by atoms with Gasteiger partial charge in [0.1, 0.15) is 0 Å². The maximum absolute atomic E-state index is 11.0. The third-order valence-corrected chi connectivity index (χ3v) is 3.71. The van der Waals surface area contributed by atoms with Gasteiger partial charge in [0.2, 0.25) is 0 Å². The molecule has 2 aliphatic rings. The van der Waals surface area contributed by atoms with Crippen LogP contribution >= 0.6 is 0 Å². The van der Waals surface area contributed by atoms with Crippen molar-refractivity contribution in [2.24, 2.45) is 23.7 Å². The Kier molecular flexibility index (Phi) is 2.21. The molecule has 4 atom stereocenters. The molecule has 0 amide bonds. The third-order valence-electron chi connectivity index (χ3n) is 3.71. The standard InChI is InChI=1S/C10H14O4/c11-9(12)7-4-5-1-2-6(3-5)8(7)10(13)14/h5-8H,1-4H2,(H,11,12)(H,13,14). The smallest absolute Gasteiger partial charge is 0.307 e. The van der Waals surface area contributed by atoms with E-state index >= 15 is 0 Å². The molecule has 4 heteroatoms. The first-order chi connectivity index (χ1) is 6.59. The van der Waals surface area contributed by atoms with Crippen molar-refractivity contribution in [2.45, 2.75) is 25.7 Å². The fourth-order valence-electron chi connectivity index (χ4n) is 3.12. The van der Waals surface area contributed by atoms with Crippen molar-refractivity contribution in [3.8, 4) is 0 Å². The summed E-state index contributed by atoms with van der Waals surface area (Å²) in [4.78, 5) is 21.9. The molecule has 2 saturated carbocycles. The quantitative estimate of drug-likeness (QED) is 0.699. The maximum Gasteiger partial charge on any atom is 0.307 e. The van der Waals surface area contributed by atoms with Gasteiger partial charge in [-0.05, 0) is 31.1 Å². The van der Waals surface area contributed by atoms with Gasteiger partial charge < -0.3 is 10.2 Å². The molecule has 78 valence electrons. The topological polar surface area (TPSA) is 74.6 Å². The first-order valence-electron chi connectivity index (χ1n) is 5.05. The average Bonchev–Trinajstić information content (AvgIpc) is 2.46. The summed E-state index contributed by atoms with van der Waals surface area (Å²) in [5, 5.41) is 18.0. The first kappa shape index (κ1) is 9.49. The van der Waals surface area contributed by atoms with Crippen molar-refractivity contribution in [1.29, 1.82) is 0 Å². The number of fused-ring (bicyclic) bond motifs is 2. The van der Waals surface area contributed by atoms with Crippen LogP contribution in [0.3, 0.4) is 0 Å². The number of hydrogen-bond acceptors (Lipinski definition) is 2. The molecule has 2 fully saturated rings. The van der Waals surface area contributed by atoms with E-state index in [1.54, 1.807) is 0 Å². The second-order valence-corrected chi connectivity index (χ2v) is 4.48. The minimum Gasteiger partial charge on any atom is -0.481 e. The lowest BCUT2D eigenvalue weighted by molar-refractivity contribution is -0.158. The lowest BCUT2D eigenvalue weighted by Gasteiger charge is -2.31. The van der Waals surface area contributed by atoms with Crippen LogP contribution < -0.4 is 0 Å². The van der Waals surface area contributed by atoms with Gasteiger partial charge in [-0.2, -0.15) is 0 Å². The summed E-state index contributed by atoms with van der Waals surface area (Å²) in [6.45, 7) is 0. The number of rotatable bonds is 2. The lowest BCUT2D eigenvalue weighted by Crippen LogP contribution is -2.38. The van der Waals surface area contributed by atoms with Gasteiger partial charge in [0, 0.05) is 0 Å². The van der Waals surface area contributed by atoms with Crippen LogP contribution in [0, 0.1) is 23.7 Å². The molecule has 14 heavy (non-hydrogen) atoms. The highest BCUT2D eigenvalue weighted by molar-refractivity contribution is 5.80. The second kappa shape index (κ2) is 3.26. The monoisotopic (exact) mass is 198 g/mol. The molecule has 0 spiro atoms. The summed E-state index contributed by atoms with van der Waals surface area (Å²) in [5.41, 5.74) is 0. The molecule has 4 nitrogen and oxygen atoms in total. The van der Waals surface area contributed by atoms with Gasteiger partial charge in [-0.15, -0.1) is 0 Å². The normalized spacial score (nSPS) is 40.9. The Balaban J connectivity index is 2.23. The van der Waals surface area contributed by atoms with E-state index in [0.717, 1.165) is 19.3 Å². The van der Waals surface area contributed by atoms with Crippen LogP contribution in [0.25, 0.3) is 0 Å². The Morgan fingerprint density at radius 1 is 1.00 bits per heavy atom. The summed E-state index contributed by atoms with van der Waals surface area (Å²) in [6, 6.07) is 0. The largest absolute Gasteiger partial charge is 0.481 e. The number of carboxylic acid groups (broad SMARTS) is 2. The number of aliphatic carboxylic acids is 2. The second-order valence-electron chi connectivity index (χ2n) is 4.48. The zero-order valence-electron chi connectivity index (χ0n) is 7.85. The molecule has 0 aromatic rings. The van der Waals surface area contributed by atoms with Crippen LogP contribution in [0.15, 0.2) is 0 Å². The number of hydrogen-bond donors (Lipinski definition) is 2. The zero-order chi connectivity index (χ0) is 10.3. The molecule has 0 aromatic carbocycles. The van der Waals surface area contributed by atoms with E-state index in [1.165, 1.54) is 0 Å². The van der Waals surface area contributed by atoms with Crippen LogP contribution in [0.1, 0.15) is 25.7 Å². The van der Waals surface area contributed by atoms with E-state index < -0.39 is 23.8 Å². The Morgan fingerprint density at radius 2 is 1.71 bits per heavy atom. The molecule has 0 heterocycles.